The average molecular weight is 295 g/mol. The lowest BCUT2D eigenvalue weighted by Gasteiger charge is -2.12. The Hall–Kier alpha value is -1.34. The van der Waals surface area contributed by atoms with Crippen LogP contribution in [0.5, 0.6) is 0 Å². The van der Waals surface area contributed by atoms with Gasteiger partial charge in [0.2, 0.25) is 0 Å². The van der Waals surface area contributed by atoms with Crippen LogP contribution in [0.25, 0.3) is 0 Å². The summed E-state index contributed by atoms with van der Waals surface area (Å²) in [7, 11) is 2.14. The highest BCUT2D eigenvalue weighted by Gasteiger charge is 2.28. The van der Waals surface area contributed by atoms with Crippen LogP contribution in [0.1, 0.15) is 29.6 Å². The second-order valence-electron chi connectivity index (χ2n) is 5.82. The average Bonchev–Trinajstić information content (AvgIpc) is 2.99. The lowest BCUT2D eigenvalue weighted by molar-refractivity contribution is 0.0953. The molecule has 2 heterocycles. The van der Waals surface area contributed by atoms with Gasteiger partial charge in [-0.2, -0.15) is 4.37 Å². The number of nitrogens with zero attached hydrogens (tertiary/aromatic N) is 2. The third-order valence-corrected chi connectivity index (χ3v) is 4.72. The van der Waals surface area contributed by atoms with Crippen molar-refractivity contribution in [2.24, 2.45) is 5.92 Å². The molecule has 110 valence electrons. The van der Waals surface area contributed by atoms with Crippen molar-refractivity contribution in [3.63, 3.8) is 0 Å². The van der Waals surface area contributed by atoms with E-state index in [2.05, 4.69) is 27.0 Å². The molecule has 2 fully saturated rings. The van der Waals surface area contributed by atoms with Gasteiger partial charge in [-0.15, -0.1) is 0 Å². The zero-order valence-corrected chi connectivity index (χ0v) is 12.5. The summed E-state index contributed by atoms with van der Waals surface area (Å²) in [6.45, 7) is 3.12. The summed E-state index contributed by atoms with van der Waals surface area (Å²) in [6, 6.07) is 0.332. The van der Waals surface area contributed by atoms with Crippen molar-refractivity contribution in [3.05, 3.63) is 5.56 Å². The number of rotatable bonds is 5. The number of likely N-dealkylation sites (tertiary alicyclic amines) is 1. The summed E-state index contributed by atoms with van der Waals surface area (Å²) in [5.74, 6) is 0.867. The van der Waals surface area contributed by atoms with Gasteiger partial charge in [0.25, 0.3) is 5.91 Å². The molecule has 1 amide bonds. The van der Waals surface area contributed by atoms with Crippen LogP contribution in [0.4, 0.5) is 10.8 Å². The minimum atomic E-state index is -0.0928. The number of hydrogen-bond donors (Lipinski definition) is 3. The van der Waals surface area contributed by atoms with Gasteiger partial charge < -0.3 is 21.3 Å². The monoisotopic (exact) mass is 295 g/mol. The Balaban J connectivity index is 1.62. The maximum absolute atomic E-state index is 12.2. The van der Waals surface area contributed by atoms with Crippen LogP contribution in [0.15, 0.2) is 0 Å². The topological polar surface area (TPSA) is 83.3 Å². The van der Waals surface area contributed by atoms with Crippen LogP contribution in [0.3, 0.4) is 0 Å². The fourth-order valence-corrected chi connectivity index (χ4v) is 3.28. The summed E-state index contributed by atoms with van der Waals surface area (Å²) in [6.07, 6.45) is 3.34. The Kier molecular flexibility index (Phi) is 3.80. The van der Waals surface area contributed by atoms with Crippen molar-refractivity contribution in [2.75, 3.05) is 37.7 Å². The molecule has 3 rings (SSSR count). The minimum absolute atomic E-state index is 0.0928. The van der Waals surface area contributed by atoms with Gasteiger partial charge in [0.05, 0.1) is 0 Å². The summed E-state index contributed by atoms with van der Waals surface area (Å²) in [5, 5.41) is 7.13. The lowest BCUT2D eigenvalue weighted by Crippen LogP contribution is -2.27. The molecular weight excluding hydrogens is 274 g/mol. The minimum Gasteiger partial charge on any atom is -0.382 e. The van der Waals surface area contributed by atoms with Gasteiger partial charge in [0.1, 0.15) is 10.6 Å². The molecule has 0 spiro atoms. The smallest absolute Gasteiger partial charge is 0.258 e. The molecule has 0 bridgehead atoms. The Labute approximate surface area is 122 Å². The number of hydrogen-bond acceptors (Lipinski definition) is 6. The van der Waals surface area contributed by atoms with Gasteiger partial charge >= 0.3 is 0 Å². The number of amides is 1. The molecule has 1 aliphatic heterocycles. The maximum Gasteiger partial charge on any atom is 0.258 e. The van der Waals surface area contributed by atoms with Crippen molar-refractivity contribution in [1.82, 2.24) is 14.6 Å². The fourth-order valence-electron chi connectivity index (χ4n) is 2.56. The molecule has 1 saturated carbocycles. The predicted octanol–water partition coefficient (Wildman–Crippen LogP) is 0.981. The molecule has 1 saturated heterocycles. The van der Waals surface area contributed by atoms with E-state index < -0.39 is 0 Å². The Morgan fingerprint density at radius 2 is 2.30 bits per heavy atom. The van der Waals surface area contributed by atoms with E-state index in [0.717, 1.165) is 37.5 Å². The summed E-state index contributed by atoms with van der Waals surface area (Å²) >= 11 is 1.28. The molecule has 2 aliphatic rings. The molecule has 20 heavy (non-hydrogen) atoms. The van der Waals surface area contributed by atoms with Crippen LogP contribution < -0.4 is 16.4 Å². The number of carbonyl (C=O) groups is 1. The number of nitrogens with one attached hydrogen (secondary N) is 2. The molecule has 1 aromatic rings. The number of anilines is 2. The first-order chi connectivity index (χ1) is 9.63. The van der Waals surface area contributed by atoms with E-state index in [0.29, 0.717) is 23.3 Å². The first kappa shape index (κ1) is 13.6. The molecule has 1 unspecified atom stereocenters. The van der Waals surface area contributed by atoms with Gasteiger partial charge in [0.15, 0.2) is 5.82 Å². The van der Waals surface area contributed by atoms with E-state index in [1.165, 1.54) is 18.0 Å². The Morgan fingerprint density at radius 1 is 1.50 bits per heavy atom. The third kappa shape index (κ3) is 3.04. The SMILES string of the molecule is CN1CCC(CNc2snc(N)c2C(=O)NC2CC2)C1. The first-order valence-electron chi connectivity index (χ1n) is 7.12. The third-order valence-electron chi connectivity index (χ3n) is 3.90. The van der Waals surface area contributed by atoms with E-state index in [1.807, 2.05) is 0 Å². The lowest BCUT2D eigenvalue weighted by atomic mass is 10.1. The highest BCUT2D eigenvalue weighted by atomic mass is 32.1. The second kappa shape index (κ2) is 5.57. The van der Waals surface area contributed by atoms with Crippen LogP contribution in [-0.4, -0.2) is 47.9 Å². The van der Waals surface area contributed by atoms with Crippen molar-refractivity contribution < 1.29 is 4.79 Å². The van der Waals surface area contributed by atoms with Crippen molar-refractivity contribution in [2.45, 2.75) is 25.3 Å². The van der Waals surface area contributed by atoms with Crippen molar-refractivity contribution in [3.8, 4) is 0 Å². The van der Waals surface area contributed by atoms with Crippen LogP contribution in [0.2, 0.25) is 0 Å². The highest BCUT2D eigenvalue weighted by molar-refractivity contribution is 7.11. The predicted molar refractivity (Wildman–Crippen MR) is 81.1 cm³/mol. The number of nitrogens with two attached hydrogens (primary N) is 1. The molecule has 0 radical (unpaired) electrons. The van der Waals surface area contributed by atoms with Gasteiger partial charge in [-0.1, -0.05) is 0 Å². The molecule has 1 atom stereocenters. The molecule has 6 nitrogen and oxygen atoms in total. The molecule has 0 aromatic carbocycles. The van der Waals surface area contributed by atoms with Crippen LogP contribution in [0, 0.1) is 5.92 Å². The fraction of sp³-hybridized carbons (Fsp3) is 0.692. The van der Waals surface area contributed by atoms with Gasteiger partial charge in [-0.3, -0.25) is 4.79 Å². The van der Waals surface area contributed by atoms with Gasteiger partial charge in [0, 0.05) is 19.1 Å². The van der Waals surface area contributed by atoms with E-state index in [9.17, 15) is 4.79 Å². The Morgan fingerprint density at radius 3 is 2.95 bits per heavy atom. The van der Waals surface area contributed by atoms with Crippen molar-refractivity contribution >= 4 is 28.3 Å². The van der Waals surface area contributed by atoms with Crippen LogP contribution >= 0.6 is 11.5 Å². The maximum atomic E-state index is 12.2. The van der Waals surface area contributed by atoms with E-state index in [4.69, 9.17) is 5.73 Å². The standard InChI is InChI=1S/C13H21N5OS/c1-18-5-4-8(7-18)6-15-13-10(11(14)17-20-13)12(19)16-9-2-3-9/h8-9,15H,2-7H2,1H3,(H2,14,17)(H,16,19). The van der Waals surface area contributed by atoms with Gasteiger partial charge in [-0.25, -0.2) is 0 Å². The molecule has 4 N–H and O–H groups in total. The summed E-state index contributed by atoms with van der Waals surface area (Å²) < 4.78 is 4.11. The van der Waals surface area contributed by atoms with Crippen molar-refractivity contribution in [1.29, 1.82) is 0 Å². The number of nitrogen functional groups attached to an aromatic ring is 1. The normalized spacial score (nSPS) is 22.9. The van der Waals surface area contributed by atoms with E-state index >= 15 is 0 Å². The largest absolute Gasteiger partial charge is 0.382 e. The second-order valence-corrected chi connectivity index (χ2v) is 6.59. The van der Waals surface area contributed by atoms with E-state index in [-0.39, 0.29) is 5.91 Å². The van der Waals surface area contributed by atoms with Gasteiger partial charge in [-0.05, 0) is 50.3 Å². The molecule has 1 aromatic heterocycles. The summed E-state index contributed by atoms with van der Waals surface area (Å²) in [5.41, 5.74) is 6.36. The Bertz CT molecular complexity index is 499. The highest BCUT2D eigenvalue weighted by Crippen LogP contribution is 2.29. The number of aromatic nitrogens is 1. The quantitative estimate of drug-likeness (QED) is 0.754. The summed E-state index contributed by atoms with van der Waals surface area (Å²) in [4.78, 5) is 14.5. The molecular formula is C13H21N5OS. The van der Waals surface area contributed by atoms with Crippen LogP contribution in [-0.2, 0) is 0 Å². The molecule has 1 aliphatic carbocycles. The zero-order valence-electron chi connectivity index (χ0n) is 11.7. The molecule has 7 heteroatoms. The number of carbonyl (C=O) groups excluding carboxylic acids is 1. The van der Waals surface area contributed by atoms with E-state index in [1.54, 1.807) is 0 Å². The zero-order chi connectivity index (χ0) is 14.1. The first-order valence-corrected chi connectivity index (χ1v) is 7.89.